The van der Waals surface area contributed by atoms with E-state index in [0.717, 1.165) is 18.1 Å². The Balaban J connectivity index is 2.19. The highest BCUT2D eigenvalue weighted by Gasteiger charge is 2.28. The number of nitrogens with zero attached hydrogens (tertiary/aromatic N) is 1. The van der Waals surface area contributed by atoms with Gasteiger partial charge in [-0.05, 0) is 17.7 Å². The number of hydrogen-bond donors (Lipinski definition) is 1. The number of esters is 1. The molecule has 1 aliphatic heterocycles. The quantitative estimate of drug-likeness (QED) is 0.644. The Hall–Kier alpha value is -2.44. The SMILES string of the molecule is COC(=O)c1ccc(CN2C(=O)CNC2=O)cc1F. The van der Waals surface area contributed by atoms with Crippen molar-refractivity contribution in [2.75, 3.05) is 13.7 Å². The number of methoxy groups -OCH3 is 1. The summed E-state index contributed by atoms with van der Waals surface area (Å²) in [6.45, 7) is -0.0927. The molecule has 1 saturated heterocycles. The number of nitrogens with one attached hydrogen (secondary N) is 1. The van der Waals surface area contributed by atoms with Gasteiger partial charge in [-0.25, -0.2) is 14.0 Å². The second-order valence-electron chi connectivity index (χ2n) is 3.94. The summed E-state index contributed by atoms with van der Waals surface area (Å²) in [6.07, 6.45) is 0. The molecule has 19 heavy (non-hydrogen) atoms. The summed E-state index contributed by atoms with van der Waals surface area (Å²) in [5.74, 6) is -1.90. The molecule has 0 saturated carbocycles. The van der Waals surface area contributed by atoms with Crippen LogP contribution in [0.2, 0.25) is 0 Å². The van der Waals surface area contributed by atoms with Crippen molar-refractivity contribution in [2.45, 2.75) is 6.54 Å². The van der Waals surface area contributed by atoms with Crippen LogP contribution in [0.15, 0.2) is 18.2 Å². The average Bonchev–Trinajstić information content (AvgIpc) is 2.70. The van der Waals surface area contributed by atoms with Crippen molar-refractivity contribution in [2.24, 2.45) is 0 Å². The lowest BCUT2D eigenvalue weighted by Crippen LogP contribution is -2.30. The predicted molar refractivity (Wildman–Crippen MR) is 61.7 cm³/mol. The zero-order valence-electron chi connectivity index (χ0n) is 10.1. The highest BCUT2D eigenvalue weighted by Crippen LogP contribution is 2.14. The summed E-state index contributed by atoms with van der Waals surface area (Å²) >= 11 is 0. The van der Waals surface area contributed by atoms with E-state index in [1.807, 2.05) is 0 Å². The van der Waals surface area contributed by atoms with Gasteiger partial charge in [0.2, 0.25) is 5.91 Å². The number of benzene rings is 1. The van der Waals surface area contributed by atoms with Crippen LogP contribution in [-0.4, -0.2) is 36.5 Å². The van der Waals surface area contributed by atoms with Crippen molar-refractivity contribution in [3.05, 3.63) is 35.1 Å². The van der Waals surface area contributed by atoms with E-state index in [-0.39, 0.29) is 24.6 Å². The fraction of sp³-hybridized carbons (Fsp3) is 0.250. The first-order valence-electron chi connectivity index (χ1n) is 5.48. The van der Waals surface area contributed by atoms with Crippen molar-refractivity contribution >= 4 is 17.9 Å². The van der Waals surface area contributed by atoms with E-state index in [0.29, 0.717) is 5.56 Å². The molecule has 3 amide bonds. The molecular weight excluding hydrogens is 255 g/mol. The molecule has 0 radical (unpaired) electrons. The summed E-state index contributed by atoms with van der Waals surface area (Å²) in [4.78, 5) is 34.9. The number of imide groups is 1. The standard InChI is InChI=1S/C12H11FN2O4/c1-19-11(17)8-3-2-7(4-9(8)13)6-15-10(16)5-14-12(15)18/h2-4H,5-6H2,1H3,(H,14,18). The van der Waals surface area contributed by atoms with Gasteiger partial charge >= 0.3 is 12.0 Å². The first-order valence-corrected chi connectivity index (χ1v) is 5.48. The van der Waals surface area contributed by atoms with Gasteiger partial charge in [0.1, 0.15) is 5.82 Å². The molecule has 0 atom stereocenters. The average molecular weight is 266 g/mol. The van der Waals surface area contributed by atoms with E-state index >= 15 is 0 Å². The van der Waals surface area contributed by atoms with E-state index < -0.39 is 17.8 Å². The van der Waals surface area contributed by atoms with Crippen LogP contribution in [0.3, 0.4) is 0 Å². The van der Waals surface area contributed by atoms with Crippen LogP contribution in [-0.2, 0) is 16.1 Å². The van der Waals surface area contributed by atoms with Crippen LogP contribution in [0.4, 0.5) is 9.18 Å². The van der Waals surface area contributed by atoms with E-state index in [1.165, 1.54) is 12.1 Å². The third kappa shape index (κ3) is 2.54. The summed E-state index contributed by atoms with van der Waals surface area (Å²) < 4.78 is 18.1. The molecular formula is C12H11FN2O4. The molecule has 0 aliphatic carbocycles. The van der Waals surface area contributed by atoms with Gasteiger partial charge in [0.05, 0.1) is 25.8 Å². The smallest absolute Gasteiger partial charge is 0.340 e. The monoisotopic (exact) mass is 266 g/mol. The fourth-order valence-electron chi connectivity index (χ4n) is 1.73. The zero-order chi connectivity index (χ0) is 14.0. The van der Waals surface area contributed by atoms with E-state index in [2.05, 4.69) is 10.1 Å². The maximum Gasteiger partial charge on any atom is 0.340 e. The normalized spacial score (nSPS) is 14.5. The minimum absolute atomic E-state index is 0.0387. The van der Waals surface area contributed by atoms with E-state index in [4.69, 9.17) is 0 Å². The third-order valence-corrected chi connectivity index (χ3v) is 2.72. The first-order chi connectivity index (χ1) is 9.02. The Morgan fingerprint density at radius 3 is 2.74 bits per heavy atom. The second-order valence-corrected chi connectivity index (χ2v) is 3.94. The maximum atomic E-state index is 13.7. The summed E-state index contributed by atoms with van der Waals surface area (Å²) in [6, 6.07) is 3.32. The van der Waals surface area contributed by atoms with Crippen LogP contribution in [0.1, 0.15) is 15.9 Å². The summed E-state index contributed by atoms with van der Waals surface area (Å²) in [5, 5.41) is 2.36. The Kier molecular flexibility index (Phi) is 3.46. The number of rotatable bonds is 3. The number of urea groups is 1. The van der Waals surface area contributed by atoms with Crippen molar-refractivity contribution in [1.29, 1.82) is 0 Å². The van der Waals surface area contributed by atoms with Gasteiger partial charge in [0.15, 0.2) is 0 Å². The van der Waals surface area contributed by atoms with Crippen molar-refractivity contribution in [3.8, 4) is 0 Å². The zero-order valence-corrected chi connectivity index (χ0v) is 10.1. The van der Waals surface area contributed by atoms with Gasteiger partial charge < -0.3 is 10.1 Å². The largest absolute Gasteiger partial charge is 0.465 e. The molecule has 6 nitrogen and oxygen atoms in total. The molecule has 7 heteroatoms. The number of amides is 3. The molecule has 1 aliphatic rings. The summed E-state index contributed by atoms with van der Waals surface area (Å²) in [5.41, 5.74) is 0.221. The minimum atomic E-state index is -0.779. The van der Waals surface area contributed by atoms with Crippen molar-refractivity contribution in [3.63, 3.8) is 0 Å². The van der Waals surface area contributed by atoms with Crippen LogP contribution in [0.5, 0.6) is 0 Å². The minimum Gasteiger partial charge on any atom is -0.465 e. The molecule has 0 bridgehead atoms. The van der Waals surface area contributed by atoms with Crippen LogP contribution >= 0.6 is 0 Å². The molecule has 1 fully saturated rings. The second kappa shape index (κ2) is 5.05. The molecule has 1 aromatic rings. The first kappa shape index (κ1) is 13.0. The number of carbonyl (C=O) groups is 3. The fourth-order valence-corrected chi connectivity index (χ4v) is 1.73. The van der Waals surface area contributed by atoms with E-state index in [1.54, 1.807) is 0 Å². The Labute approximate surface area is 108 Å². The van der Waals surface area contributed by atoms with Gasteiger partial charge in [-0.2, -0.15) is 0 Å². The molecule has 0 spiro atoms. The molecule has 100 valence electrons. The van der Waals surface area contributed by atoms with Gasteiger partial charge in [-0.15, -0.1) is 0 Å². The molecule has 0 unspecified atom stereocenters. The Bertz CT molecular complexity index is 543. The lowest BCUT2D eigenvalue weighted by molar-refractivity contribution is -0.125. The van der Waals surface area contributed by atoms with Gasteiger partial charge in [-0.1, -0.05) is 6.07 Å². The van der Waals surface area contributed by atoms with Gasteiger partial charge in [0, 0.05) is 0 Å². The Morgan fingerprint density at radius 1 is 1.47 bits per heavy atom. The molecule has 2 rings (SSSR count). The predicted octanol–water partition coefficient (Wildman–Crippen LogP) is 0.664. The molecule has 1 N–H and O–H groups in total. The number of ether oxygens (including phenoxy) is 1. The van der Waals surface area contributed by atoms with E-state index in [9.17, 15) is 18.8 Å². The van der Waals surface area contributed by atoms with Gasteiger partial charge in [-0.3, -0.25) is 9.69 Å². The Morgan fingerprint density at radius 2 is 2.21 bits per heavy atom. The highest BCUT2D eigenvalue weighted by molar-refractivity contribution is 6.01. The topological polar surface area (TPSA) is 75.7 Å². The molecule has 1 aromatic carbocycles. The van der Waals surface area contributed by atoms with Crippen molar-refractivity contribution in [1.82, 2.24) is 10.2 Å². The number of halogens is 1. The van der Waals surface area contributed by atoms with Crippen molar-refractivity contribution < 1.29 is 23.5 Å². The van der Waals surface area contributed by atoms with Crippen LogP contribution in [0, 0.1) is 5.82 Å². The van der Waals surface area contributed by atoms with Crippen LogP contribution < -0.4 is 5.32 Å². The lowest BCUT2D eigenvalue weighted by atomic mass is 10.1. The number of hydrogen-bond acceptors (Lipinski definition) is 4. The van der Waals surface area contributed by atoms with Crippen LogP contribution in [0.25, 0.3) is 0 Å². The van der Waals surface area contributed by atoms with Gasteiger partial charge in [0.25, 0.3) is 0 Å². The third-order valence-electron chi connectivity index (χ3n) is 2.72. The molecule has 1 heterocycles. The summed E-state index contributed by atoms with van der Waals surface area (Å²) in [7, 11) is 1.16. The lowest BCUT2D eigenvalue weighted by Gasteiger charge is -2.12. The molecule has 0 aromatic heterocycles. The maximum absolute atomic E-state index is 13.7. The number of carbonyl (C=O) groups excluding carboxylic acids is 3. The highest BCUT2D eigenvalue weighted by atomic mass is 19.1.